The second kappa shape index (κ2) is 7.07. The van der Waals surface area contributed by atoms with Gasteiger partial charge in [0.15, 0.2) is 11.6 Å². The molecule has 1 aliphatic rings. The molecule has 0 aliphatic carbocycles. The van der Waals surface area contributed by atoms with Crippen LogP contribution in [0, 0.1) is 5.92 Å². The van der Waals surface area contributed by atoms with E-state index >= 15 is 0 Å². The van der Waals surface area contributed by atoms with Gasteiger partial charge >= 0.3 is 0 Å². The van der Waals surface area contributed by atoms with Gasteiger partial charge in [-0.1, -0.05) is 25.2 Å². The Bertz CT molecular complexity index is 402. The first-order valence-corrected chi connectivity index (χ1v) is 6.20. The van der Waals surface area contributed by atoms with Crippen LogP contribution in [0.4, 0.5) is 0 Å². The lowest BCUT2D eigenvalue weighted by molar-refractivity contribution is -0.123. The highest BCUT2D eigenvalue weighted by Crippen LogP contribution is 2.20. The highest BCUT2D eigenvalue weighted by molar-refractivity contribution is 5.93. The molecule has 98 valence electrons. The van der Waals surface area contributed by atoms with Crippen molar-refractivity contribution in [3.8, 4) is 0 Å². The quantitative estimate of drug-likeness (QED) is 0.555. The molecule has 1 heterocycles. The summed E-state index contributed by atoms with van der Waals surface area (Å²) in [5.41, 5.74) is 0.906. The van der Waals surface area contributed by atoms with E-state index in [2.05, 4.69) is 0 Å². The lowest BCUT2D eigenvalue weighted by Crippen LogP contribution is -2.28. The van der Waals surface area contributed by atoms with Gasteiger partial charge in [0.25, 0.3) is 0 Å². The Kier molecular flexibility index (Phi) is 5.72. The molecule has 0 saturated heterocycles. The van der Waals surface area contributed by atoms with E-state index in [1.54, 1.807) is 18.2 Å². The molecule has 0 aromatic rings. The van der Waals surface area contributed by atoms with E-state index in [4.69, 9.17) is 4.74 Å². The standard InChI is InChI=1S/C15H20O3/c1-4-5-6-7-14(17)11(2)9-15-12(3)8-13(16)10-18-15/h4-8,11,15H,9-10H2,1-3H3/b5-4+,7-6+/t11?,15-/m1/s1. The van der Waals surface area contributed by atoms with Crippen LogP contribution in [0.1, 0.15) is 27.2 Å². The largest absolute Gasteiger partial charge is 0.366 e. The number of ketones is 2. The van der Waals surface area contributed by atoms with Crippen LogP contribution >= 0.6 is 0 Å². The minimum atomic E-state index is -0.114. The lowest BCUT2D eigenvalue weighted by atomic mass is 9.93. The van der Waals surface area contributed by atoms with Crippen LogP contribution < -0.4 is 0 Å². The van der Waals surface area contributed by atoms with Crippen LogP contribution in [-0.2, 0) is 14.3 Å². The van der Waals surface area contributed by atoms with Crippen molar-refractivity contribution in [2.75, 3.05) is 6.61 Å². The van der Waals surface area contributed by atoms with Crippen molar-refractivity contribution < 1.29 is 14.3 Å². The summed E-state index contributed by atoms with van der Waals surface area (Å²) in [7, 11) is 0. The van der Waals surface area contributed by atoms with Crippen LogP contribution in [0.25, 0.3) is 0 Å². The second-order valence-electron chi connectivity index (χ2n) is 4.58. The van der Waals surface area contributed by atoms with Crippen molar-refractivity contribution in [3.05, 3.63) is 36.0 Å². The predicted molar refractivity (Wildman–Crippen MR) is 71.2 cm³/mol. The molecule has 1 rings (SSSR count). The minimum absolute atomic E-state index is 0.00397. The fraction of sp³-hybridized carbons (Fsp3) is 0.467. The molecule has 2 atom stereocenters. The lowest BCUT2D eigenvalue weighted by Gasteiger charge is -2.23. The molecule has 0 radical (unpaired) electrons. The maximum absolute atomic E-state index is 11.8. The molecule has 0 aromatic carbocycles. The molecule has 0 saturated carbocycles. The van der Waals surface area contributed by atoms with E-state index in [0.29, 0.717) is 6.42 Å². The Morgan fingerprint density at radius 1 is 1.56 bits per heavy atom. The number of hydrogen-bond donors (Lipinski definition) is 0. The van der Waals surface area contributed by atoms with E-state index in [0.717, 1.165) is 5.57 Å². The van der Waals surface area contributed by atoms with Gasteiger partial charge in [0.05, 0.1) is 6.10 Å². The highest BCUT2D eigenvalue weighted by Gasteiger charge is 2.23. The van der Waals surface area contributed by atoms with Crippen LogP contribution in [-0.4, -0.2) is 24.3 Å². The molecule has 0 spiro atoms. The SMILES string of the molecule is C/C=C/C=C/C(=O)C(C)C[C@H]1OCC(=O)C=C1C. The summed E-state index contributed by atoms with van der Waals surface area (Å²) < 4.78 is 5.44. The molecule has 0 fully saturated rings. The zero-order chi connectivity index (χ0) is 13.5. The molecule has 18 heavy (non-hydrogen) atoms. The molecular formula is C15H20O3. The molecule has 0 bridgehead atoms. The number of rotatable bonds is 5. The topological polar surface area (TPSA) is 43.4 Å². The Morgan fingerprint density at radius 2 is 2.28 bits per heavy atom. The molecular weight excluding hydrogens is 228 g/mol. The molecule has 1 aliphatic heterocycles. The monoisotopic (exact) mass is 248 g/mol. The molecule has 0 aromatic heterocycles. The van der Waals surface area contributed by atoms with Crippen molar-refractivity contribution in [3.63, 3.8) is 0 Å². The molecule has 1 unspecified atom stereocenters. The average molecular weight is 248 g/mol. The first-order chi connectivity index (χ1) is 8.54. The average Bonchev–Trinajstić information content (AvgIpc) is 2.32. The van der Waals surface area contributed by atoms with Gasteiger partial charge in [0.2, 0.25) is 0 Å². The third kappa shape index (κ3) is 4.41. The summed E-state index contributed by atoms with van der Waals surface area (Å²) in [6.07, 6.45) is 9.14. The highest BCUT2D eigenvalue weighted by atomic mass is 16.5. The van der Waals surface area contributed by atoms with Gasteiger partial charge in [-0.25, -0.2) is 0 Å². The Labute approximate surface area is 108 Å². The second-order valence-corrected chi connectivity index (χ2v) is 4.58. The number of allylic oxidation sites excluding steroid dienone is 4. The van der Waals surface area contributed by atoms with Gasteiger partial charge < -0.3 is 4.74 Å². The van der Waals surface area contributed by atoms with Crippen molar-refractivity contribution in [2.45, 2.75) is 33.3 Å². The molecule has 0 amide bonds. The van der Waals surface area contributed by atoms with Crippen molar-refractivity contribution >= 4 is 11.6 Å². The van der Waals surface area contributed by atoms with Crippen LogP contribution in [0.3, 0.4) is 0 Å². The Balaban J connectivity index is 2.54. The third-order valence-corrected chi connectivity index (χ3v) is 2.94. The maximum Gasteiger partial charge on any atom is 0.181 e. The first-order valence-electron chi connectivity index (χ1n) is 6.20. The maximum atomic E-state index is 11.8. The van der Waals surface area contributed by atoms with E-state index in [-0.39, 0.29) is 30.2 Å². The third-order valence-electron chi connectivity index (χ3n) is 2.94. The van der Waals surface area contributed by atoms with E-state index < -0.39 is 0 Å². The number of carbonyl (C=O) groups excluding carboxylic acids is 2. The zero-order valence-corrected chi connectivity index (χ0v) is 11.2. The molecule has 3 nitrogen and oxygen atoms in total. The van der Waals surface area contributed by atoms with Crippen LogP contribution in [0.5, 0.6) is 0 Å². The fourth-order valence-corrected chi connectivity index (χ4v) is 1.82. The van der Waals surface area contributed by atoms with Gasteiger partial charge in [-0.2, -0.15) is 0 Å². The van der Waals surface area contributed by atoms with Gasteiger partial charge in [-0.05, 0) is 38.0 Å². The van der Waals surface area contributed by atoms with E-state index in [1.165, 1.54) is 0 Å². The summed E-state index contributed by atoms with van der Waals surface area (Å²) in [5.74, 6) is -0.0230. The summed E-state index contributed by atoms with van der Waals surface area (Å²) in [6.45, 7) is 5.78. The van der Waals surface area contributed by atoms with Gasteiger partial charge in [0, 0.05) is 5.92 Å². The normalized spacial score (nSPS) is 22.5. The molecule has 3 heteroatoms. The van der Waals surface area contributed by atoms with Crippen molar-refractivity contribution in [1.29, 1.82) is 0 Å². The van der Waals surface area contributed by atoms with Gasteiger partial charge in [-0.3, -0.25) is 9.59 Å². The fourth-order valence-electron chi connectivity index (χ4n) is 1.82. The summed E-state index contributed by atoms with van der Waals surface area (Å²) >= 11 is 0. The molecule has 0 N–H and O–H groups in total. The number of carbonyl (C=O) groups is 2. The zero-order valence-electron chi connectivity index (χ0n) is 11.2. The van der Waals surface area contributed by atoms with Gasteiger partial charge in [-0.15, -0.1) is 0 Å². The number of ether oxygens (including phenoxy) is 1. The van der Waals surface area contributed by atoms with Crippen LogP contribution in [0.15, 0.2) is 36.0 Å². The first kappa shape index (κ1) is 14.6. The number of hydrogen-bond acceptors (Lipinski definition) is 3. The summed E-state index contributed by atoms with van der Waals surface area (Å²) in [5, 5.41) is 0. The van der Waals surface area contributed by atoms with Crippen molar-refractivity contribution in [1.82, 2.24) is 0 Å². The van der Waals surface area contributed by atoms with Crippen molar-refractivity contribution in [2.24, 2.45) is 5.92 Å². The minimum Gasteiger partial charge on any atom is -0.366 e. The summed E-state index contributed by atoms with van der Waals surface area (Å²) in [4.78, 5) is 22.9. The van der Waals surface area contributed by atoms with Crippen LogP contribution in [0.2, 0.25) is 0 Å². The summed E-state index contributed by atoms with van der Waals surface area (Å²) in [6, 6.07) is 0. The van der Waals surface area contributed by atoms with Gasteiger partial charge in [0.1, 0.15) is 6.61 Å². The van der Waals surface area contributed by atoms with E-state index in [9.17, 15) is 9.59 Å². The predicted octanol–water partition coefficient (Wildman–Crippen LogP) is 2.63. The Morgan fingerprint density at radius 3 is 2.89 bits per heavy atom. The van der Waals surface area contributed by atoms with E-state index in [1.807, 2.05) is 32.9 Å². The Hall–Kier alpha value is -1.48. The smallest absolute Gasteiger partial charge is 0.181 e.